The molecule has 0 spiro atoms. The van der Waals surface area contributed by atoms with E-state index in [-0.39, 0.29) is 16.9 Å². The molecule has 0 saturated carbocycles. The van der Waals surface area contributed by atoms with E-state index in [9.17, 15) is 9.18 Å². The molecule has 0 N–H and O–H groups in total. The average molecular weight is 346 g/mol. The van der Waals surface area contributed by atoms with Crippen molar-refractivity contribution in [3.63, 3.8) is 0 Å². The van der Waals surface area contributed by atoms with Crippen LogP contribution >= 0.6 is 22.6 Å². The van der Waals surface area contributed by atoms with Crippen LogP contribution in [-0.4, -0.2) is 16.9 Å². The maximum atomic E-state index is 13.6. The van der Waals surface area contributed by atoms with Gasteiger partial charge in [0.1, 0.15) is 11.5 Å². The van der Waals surface area contributed by atoms with Gasteiger partial charge in [0.2, 0.25) is 5.43 Å². The van der Waals surface area contributed by atoms with Crippen LogP contribution in [0.15, 0.2) is 35.4 Å². The highest BCUT2D eigenvalue weighted by Gasteiger charge is 2.07. The van der Waals surface area contributed by atoms with E-state index in [2.05, 4.69) is 27.7 Å². The molecule has 2 rings (SSSR count). The largest absolute Gasteiger partial charge is 0.491 e. The summed E-state index contributed by atoms with van der Waals surface area (Å²) in [7, 11) is 1.38. The van der Waals surface area contributed by atoms with E-state index in [0.29, 0.717) is 0 Å². The molecule has 0 atom stereocenters. The molecule has 0 radical (unpaired) electrons. The summed E-state index contributed by atoms with van der Waals surface area (Å²) in [5.41, 5.74) is -0.0648. The molecular formula is C11H8FIN2O2. The summed E-state index contributed by atoms with van der Waals surface area (Å²) in [6, 6.07) is 4.63. The second kappa shape index (κ2) is 4.82. The smallest absolute Gasteiger partial charge is 0.241 e. The second-order valence-electron chi connectivity index (χ2n) is 3.25. The third-order valence-electron chi connectivity index (χ3n) is 2.16. The van der Waals surface area contributed by atoms with Crippen molar-refractivity contribution in [2.45, 2.75) is 0 Å². The Hall–Kier alpha value is -1.44. The highest BCUT2D eigenvalue weighted by molar-refractivity contribution is 14.1. The summed E-state index contributed by atoms with van der Waals surface area (Å²) >= 11 is 2.07. The van der Waals surface area contributed by atoms with Crippen molar-refractivity contribution in [1.29, 1.82) is 0 Å². The lowest BCUT2D eigenvalue weighted by Gasteiger charge is -2.08. The number of methoxy groups -OCH3 is 1. The lowest BCUT2D eigenvalue weighted by Crippen LogP contribution is -2.12. The van der Waals surface area contributed by atoms with Crippen molar-refractivity contribution in [2.75, 3.05) is 7.11 Å². The molecule has 17 heavy (non-hydrogen) atoms. The quantitative estimate of drug-likeness (QED) is 0.782. The first-order chi connectivity index (χ1) is 8.11. The number of hydrogen-bond acceptors (Lipinski definition) is 3. The average Bonchev–Trinajstić information content (AvgIpc) is 2.33. The van der Waals surface area contributed by atoms with E-state index in [1.807, 2.05) is 0 Å². The van der Waals surface area contributed by atoms with Crippen molar-refractivity contribution in [3.05, 3.63) is 50.2 Å². The Balaban J connectivity index is 2.60. The summed E-state index contributed by atoms with van der Waals surface area (Å²) in [5.74, 6) is -0.290. The van der Waals surface area contributed by atoms with Crippen LogP contribution in [0.5, 0.6) is 5.75 Å². The molecule has 2 aromatic rings. The molecule has 1 aromatic heterocycles. The Labute approximate surface area is 110 Å². The number of halogens is 2. The monoisotopic (exact) mass is 346 g/mol. The van der Waals surface area contributed by atoms with Gasteiger partial charge in [-0.3, -0.25) is 4.79 Å². The Kier molecular flexibility index (Phi) is 3.41. The zero-order valence-electron chi connectivity index (χ0n) is 8.85. The Morgan fingerprint density at radius 1 is 1.47 bits per heavy atom. The number of nitrogens with zero attached hydrogens (tertiary/aromatic N) is 2. The number of benzene rings is 1. The normalized spacial score (nSPS) is 10.3. The lowest BCUT2D eigenvalue weighted by molar-refractivity contribution is 0.404. The van der Waals surface area contributed by atoms with Crippen LogP contribution in [0, 0.1) is 9.39 Å². The van der Waals surface area contributed by atoms with Gasteiger partial charge in [-0.1, -0.05) is 0 Å². The minimum absolute atomic E-state index is 0.123. The molecule has 1 heterocycles. The van der Waals surface area contributed by atoms with Crippen LogP contribution in [0.25, 0.3) is 5.69 Å². The van der Waals surface area contributed by atoms with E-state index < -0.39 is 5.82 Å². The number of aromatic nitrogens is 2. The van der Waals surface area contributed by atoms with Crippen molar-refractivity contribution >= 4 is 22.6 Å². The minimum atomic E-state index is -0.413. The summed E-state index contributed by atoms with van der Waals surface area (Å²) in [5, 5.41) is 3.84. The zero-order valence-corrected chi connectivity index (χ0v) is 11.0. The maximum Gasteiger partial charge on any atom is 0.241 e. The molecule has 0 fully saturated rings. The van der Waals surface area contributed by atoms with E-state index in [1.54, 1.807) is 12.1 Å². The summed E-state index contributed by atoms with van der Waals surface area (Å²) in [6.45, 7) is 0. The van der Waals surface area contributed by atoms with Crippen LogP contribution in [-0.2, 0) is 0 Å². The van der Waals surface area contributed by atoms with Gasteiger partial charge < -0.3 is 4.74 Å². The highest BCUT2D eigenvalue weighted by Crippen LogP contribution is 2.16. The summed E-state index contributed by atoms with van der Waals surface area (Å²) in [6.07, 6.45) is 2.45. The molecule has 0 aliphatic rings. The molecule has 0 saturated heterocycles. The molecule has 0 bridgehead atoms. The minimum Gasteiger partial charge on any atom is -0.491 e. The fourth-order valence-corrected chi connectivity index (χ4v) is 1.81. The van der Waals surface area contributed by atoms with E-state index in [4.69, 9.17) is 4.74 Å². The van der Waals surface area contributed by atoms with Gasteiger partial charge in [-0.2, -0.15) is 5.10 Å². The predicted molar refractivity (Wildman–Crippen MR) is 69.1 cm³/mol. The topological polar surface area (TPSA) is 44.1 Å². The van der Waals surface area contributed by atoms with Crippen molar-refractivity contribution in [1.82, 2.24) is 9.78 Å². The fourth-order valence-electron chi connectivity index (χ4n) is 1.33. The third-order valence-corrected chi connectivity index (χ3v) is 2.83. The summed E-state index contributed by atoms with van der Waals surface area (Å²) < 4.78 is 20.6. The maximum absolute atomic E-state index is 13.6. The highest BCUT2D eigenvalue weighted by atomic mass is 127. The number of ether oxygens (including phenoxy) is 1. The van der Waals surface area contributed by atoms with Crippen molar-refractivity contribution in [3.8, 4) is 11.4 Å². The second-order valence-corrected chi connectivity index (χ2v) is 4.49. The lowest BCUT2D eigenvalue weighted by atomic mass is 10.3. The molecule has 6 heteroatoms. The first-order valence-corrected chi connectivity index (χ1v) is 5.78. The molecular weight excluding hydrogens is 338 g/mol. The number of hydrogen-bond donors (Lipinski definition) is 0. The van der Waals surface area contributed by atoms with Crippen LogP contribution in [0.1, 0.15) is 0 Å². The Morgan fingerprint density at radius 2 is 2.24 bits per heavy atom. The van der Waals surface area contributed by atoms with Crippen molar-refractivity contribution < 1.29 is 9.13 Å². The fraction of sp³-hybridized carbons (Fsp3) is 0.0909. The van der Waals surface area contributed by atoms with Gasteiger partial charge in [0.25, 0.3) is 0 Å². The third kappa shape index (κ3) is 2.46. The Morgan fingerprint density at radius 3 is 2.94 bits per heavy atom. The van der Waals surface area contributed by atoms with Crippen LogP contribution in [0.4, 0.5) is 4.39 Å². The molecule has 1 aromatic carbocycles. The van der Waals surface area contributed by atoms with Crippen LogP contribution in [0.2, 0.25) is 0 Å². The standard InChI is InChI=1S/C11H8FIN2O2/c1-17-11-6-15(14-5-10(11)16)9-4-7(13)2-3-8(9)12/h2-6H,1H3. The van der Waals surface area contributed by atoms with E-state index in [1.165, 1.54) is 24.1 Å². The molecule has 0 unspecified atom stereocenters. The summed E-state index contributed by atoms with van der Waals surface area (Å²) in [4.78, 5) is 11.3. The molecule has 0 amide bonds. The van der Waals surface area contributed by atoms with Crippen molar-refractivity contribution in [2.24, 2.45) is 0 Å². The van der Waals surface area contributed by atoms with Gasteiger partial charge in [0, 0.05) is 3.57 Å². The number of rotatable bonds is 2. The first-order valence-electron chi connectivity index (χ1n) is 4.70. The van der Waals surface area contributed by atoms with Gasteiger partial charge in [-0.25, -0.2) is 9.07 Å². The zero-order chi connectivity index (χ0) is 12.4. The predicted octanol–water partition coefficient (Wildman–Crippen LogP) is 1.98. The molecule has 0 aliphatic carbocycles. The van der Waals surface area contributed by atoms with Crippen LogP contribution in [0.3, 0.4) is 0 Å². The van der Waals surface area contributed by atoms with Gasteiger partial charge in [-0.15, -0.1) is 0 Å². The first kappa shape index (κ1) is 12.0. The Bertz CT molecular complexity index is 613. The van der Waals surface area contributed by atoms with Gasteiger partial charge in [0.15, 0.2) is 5.75 Å². The SMILES string of the molecule is COc1cn(-c2cc(I)ccc2F)ncc1=O. The molecule has 0 aliphatic heterocycles. The van der Waals surface area contributed by atoms with Gasteiger partial charge in [0.05, 0.1) is 19.5 Å². The molecule has 4 nitrogen and oxygen atoms in total. The van der Waals surface area contributed by atoms with Gasteiger partial charge in [-0.05, 0) is 40.8 Å². The van der Waals surface area contributed by atoms with Crippen LogP contribution < -0.4 is 10.2 Å². The van der Waals surface area contributed by atoms with E-state index in [0.717, 1.165) is 9.77 Å². The van der Waals surface area contributed by atoms with E-state index >= 15 is 0 Å². The molecule has 88 valence electrons. The van der Waals surface area contributed by atoms with Gasteiger partial charge >= 0.3 is 0 Å².